The number of rotatable bonds is 1. The molecule has 0 radical (unpaired) electrons. The Morgan fingerprint density at radius 2 is 2.08 bits per heavy atom. The van der Waals surface area contributed by atoms with E-state index < -0.39 is 0 Å². The maximum Gasteiger partial charge on any atom is -0.00484 e. The van der Waals surface area contributed by atoms with E-state index in [1.807, 2.05) is 13.0 Å². The van der Waals surface area contributed by atoms with E-state index in [1.54, 1.807) is 12.2 Å². The Morgan fingerprint density at radius 1 is 1.46 bits per heavy atom. The van der Waals surface area contributed by atoms with Gasteiger partial charge in [0.1, 0.15) is 0 Å². The van der Waals surface area contributed by atoms with E-state index in [2.05, 4.69) is 23.9 Å². The first-order valence-electron chi connectivity index (χ1n) is 4.46. The van der Waals surface area contributed by atoms with Crippen LogP contribution in [0.4, 0.5) is 0 Å². The van der Waals surface area contributed by atoms with Crippen LogP contribution >= 0.6 is 12.6 Å². The number of thiol groups is 1. The van der Waals surface area contributed by atoms with Crippen LogP contribution in [-0.2, 0) is 0 Å². The van der Waals surface area contributed by atoms with Crippen LogP contribution in [0, 0.1) is 12.3 Å². The van der Waals surface area contributed by atoms with Gasteiger partial charge >= 0.3 is 0 Å². The molecule has 1 saturated heterocycles. The molecule has 2 heteroatoms. The molecule has 13 heavy (non-hydrogen) atoms. The summed E-state index contributed by atoms with van der Waals surface area (Å²) in [6.45, 7) is 4.39. The highest BCUT2D eigenvalue weighted by atomic mass is 32.1. The first kappa shape index (κ1) is 12.3. The fourth-order valence-electron chi connectivity index (χ4n) is 0.868. The molecule has 1 fully saturated rings. The zero-order chi connectivity index (χ0) is 9.94. The summed E-state index contributed by atoms with van der Waals surface area (Å²) < 4.78 is 0. The van der Waals surface area contributed by atoms with Gasteiger partial charge < -0.3 is 5.32 Å². The number of hydrogen-bond donors (Lipinski definition) is 2. The second-order valence-corrected chi connectivity index (χ2v) is 3.50. The molecule has 0 spiro atoms. The van der Waals surface area contributed by atoms with Gasteiger partial charge in [-0.25, -0.2) is 0 Å². The average Bonchev–Trinajstić information content (AvgIpc) is 2.61. The van der Waals surface area contributed by atoms with E-state index in [-0.39, 0.29) is 0 Å². The van der Waals surface area contributed by atoms with Gasteiger partial charge in [-0.1, -0.05) is 18.1 Å². The standard InChI is InChI=1S/C7H8S.C4H9N/c1-3-4-5-6-7(2)8;1-2-4-5-3-1/h1,4-6,8H,2H3;5H,1-4H2/b5-4-,7-6+;. The van der Waals surface area contributed by atoms with Crippen molar-refractivity contribution in [3.05, 3.63) is 23.1 Å². The lowest BCUT2D eigenvalue weighted by Crippen LogP contribution is -2.03. The van der Waals surface area contributed by atoms with Crippen molar-refractivity contribution in [3.63, 3.8) is 0 Å². The van der Waals surface area contributed by atoms with Gasteiger partial charge in [0.05, 0.1) is 0 Å². The molecule has 0 unspecified atom stereocenters. The van der Waals surface area contributed by atoms with E-state index in [0.29, 0.717) is 0 Å². The van der Waals surface area contributed by atoms with E-state index in [1.165, 1.54) is 25.9 Å². The van der Waals surface area contributed by atoms with Crippen LogP contribution in [0.3, 0.4) is 0 Å². The van der Waals surface area contributed by atoms with Crippen molar-refractivity contribution < 1.29 is 0 Å². The molecule has 0 saturated carbocycles. The molecule has 1 rings (SSSR count). The van der Waals surface area contributed by atoms with Crippen LogP contribution in [0.1, 0.15) is 19.8 Å². The molecule has 1 aliphatic rings. The van der Waals surface area contributed by atoms with Gasteiger partial charge in [0.25, 0.3) is 0 Å². The first-order valence-corrected chi connectivity index (χ1v) is 4.91. The van der Waals surface area contributed by atoms with E-state index in [9.17, 15) is 0 Å². The van der Waals surface area contributed by atoms with Crippen LogP contribution in [0.5, 0.6) is 0 Å². The van der Waals surface area contributed by atoms with Gasteiger partial charge in [-0.15, -0.1) is 19.1 Å². The fourth-order valence-corrected chi connectivity index (χ4v) is 0.954. The van der Waals surface area contributed by atoms with Gasteiger partial charge in [-0.3, -0.25) is 0 Å². The molecule has 1 N–H and O–H groups in total. The Hall–Kier alpha value is -0.650. The summed E-state index contributed by atoms with van der Waals surface area (Å²) in [5.41, 5.74) is 0. The Labute approximate surface area is 86.7 Å². The van der Waals surface area contributed by atoms with Crippen LogP contribution in [0.25, 0.3) is 0 Å². The summed E-state index contributed by atoms with van der Waals surface area (Å²) in [5.74, 6) is 2.36. The van der Waals surface area contributed by atoms with Crippen LogP contribution in [-0.4, -0.2) is 13.1 Å². The average molecular weight is 195 g/mol. The summed E-state index contributed by atoms with van der Waals surface area (Å²) in [5, 5.41) is 3.22. The lowest BCUT2D eigenvalue weighted by molar-refractivity contribution is 0.857. The van der Waals surface area contributed by atoms with Crippen molar-refractivity contribution in [2.24, 2.45) is 0 Å². The summed E-state index contributed by atoms with van der Waals surface area (Å²) in [4.78, 5) is 0.955. The predicted molar refractivity (Wildman–Crippen MR) is 62.8 cm³/mol. The van der Waals surface area contributed by atoms with Crippen molar-refractivity contribution >= 4 is 12.6 Å². The maximum absolute atomic E-state index is 4.92. The largest absolute Gasteiger partial charge is 0.317 e. The van der Waals surface area contributed by atoms with Crippen molar-refractivity contribution in [3.8, 4) is 12.3 Å². The SMILES string of the molecule is C#C/C=C\C=C(/C)S.C1CCNC1. The Balaban J connectivity index is 0.000000243. The Kier molecular flexibility index (Phi) is 8.97. The van der Waals surface area contributed by atoms with Crippen molar-refractivity contribution in [1.82, 2.24) is 5.32 Å². The number of terminal acetylenes is 1. The zero-order valence-corrected chi connectivity index (χ0v) is 8.98. The van der Waals surface area contributed by atoms with Crippen LogP contribution in [0.15, 0.2) is 23.1 Å². The summed E-state index contributed by atoms with van der Waals surface area (Å²) in [7, 11) is 0. The number of nitrogens with one attached hydrogen (secondary N) is 1. The summed E-state index contributed by atoms with van der Waals surface area (Å²) >= 11 is 4.01. The Morgan fingerprint density at radius 3 is 2.38 bits per heavy atom. The lowest BCUT2D eigenvalue weighted by Gasteiger charge is -1.76. The Bertz CT molecular complexity index is 195. The van der Waals surface area contributed by atoms with Gasteiger partial charge in [0.2, 0.25) is 0 Å². The topological polar surface area (TPSA) is 12.0 Å². The minimum atomic E-state index is 0.955. The van der Waals surface area contributed by atoms with Crippen LogP contribution < -0.4 is 5.32 Å². The molecular weight excluding hydrogens is 178 g/mol. The van der Waals surface area contributed by atoms with E-state index in [0.717, 1.165) is 4.91 Å². The molecule has 0 aliphatic carbocycles. The molecule has 0 aromatic rings. The third-order valence-electron chi connectivity index (χ3n) is 1.49. The third kappa shape index (κ3) is 11.3. The number of allylic oxidation sites excluding steroid dienone is 4. The second-order valence-electron chi connectivity index (χ2n) is 2.79. The molecule has 1 nitrogen and oxygen atoms in total. The summed E-state index contributed by atoms with van der Waals surface area (Å²) in [6, 6.07) is 0. The van der Waals surface area contributed by atoms with Crippen molar-refractivity contribution in [2.75, 3.05) is 13.1 Å². The minimum absolute atomic E-state index is 0.955. The lowest BCUT2D eigenvalue weighted by atomic mass is 10.4. The maximum atomic E-state index is 4.92. The second kappa shape index (κ2) is 9.44. The van der Waals surface area contributed by atoms with Gasteiger partial charge in [0, 0.05) is 0 Å². The van der Waals surface area contributed by atoms with Crippen LogP contribution in [0.2, 0.25) is 0 Å². The molecule has 72 valence electrons. The highest BCUT2D eigenvalue weighted by Gasteiger charge is 1.93. The minimum Gasteiger partial charge on any atom is -0.317 e. The molecule has 1 heterocycles. The monoisotopic (exact) mass is 195 g/mol. The highest BCUT2D eigenvalue weighted by molar-refractivity contribution is 7.84. The molecule has 0 bridgehead atoms. The van der Waals surface area contributed by atoms with E-state index in [4.69, 9.17) is 6.42 Å². The smallest absolute Gasteiger partial charge is 0.00484 e. The van der Waals surface area contributed by atoms with E-state index >= 15 is 0 Å². The van der Waals surface area contributed by atoms with Crippen molar-refractivity contribution in [1.29, 1.82) is 0 Å². The highest BCUT2D eigenvalue weighted by Crippen LogP contribution is 1.95. The fraction of sp³-hybridized carbons (Fsp3) is 0.455. The third-order valence-corrected chi connectivity index (χ3v) is 1.64. The zero-order valence-electron chi connectivity index (χ0n) is 8.09. The van der Waals surface area contributed by atoms with Gasteiger partial charge in [-0.2, -0.15) is 0 Å². The van der Waals surface area contributed by atoms with Gasteiger partial charge in [-0.05, 0) is 43.8 Å². The molecule has 0 amide bonds. The number of hydrogen-bond acceptors (Lipinski definition) is 2. The molecule has 1 aliphatic heterocycles. The first-order chi connectivity index (χ1) is 6.27. The van der Waals surface area contributed by atoms with Gasteiger partial charge in [0.15, 0.2) is 0 Å². The molecular formula is C11H17NS. The summed E-state index contributed by atoms with van der Waals surface area (Å²) in [6.07, 6.45) is 12.9. The quantitative estimate of drug-likeness (QED) is 0.372. The predicted octanol–water partition coefficient (Wildman–Crippen LogP) is 2.38. The van der Waals surface area contributed by atoms with Crippen molar-refractivity contribution in [2.45, 2.75) is 19.8 Å². The molecule has 0 atom stereocenters. The molecule has 0 aromatic carbocycles. The normalized spacial score (nSPS) is 16.5. The molecule has 0 aromatic heterocycles.